The zero-order valence-electron chi connectivity index (χ0n) is 15.6. The van der Waals surface area contributed by atoms with Crippen LogP contribution in [0.1, 0.15) is 47.3 Å². The molecule has 0 spiro atoms. The Morgan fingerprint density at radius 3 is 2.66 bits per heavy atom. The van der Waals surface area contributed by atoms with Gasteiger partial charge >= 0.3 is 5.97 Å². The van der Waals surface area contributed by atoms with E-state index < -0.39 is 35.7 Å². The number of nitrogens with zero attached hydrogens (tertiary/aromatic N) is 2. The first-order valence-electron chi connectivity index (χ1n) is 8.93. The van der Waals surface area contributed by atoms with Gasteiger partial charge in [0.1, 0.15) is 11.9 Å². The highest BCUT2D eigenvalue weighted by molar-refractivity contribution is 6.17. The molecule has 2 unspecified atom stereocenters. The van der Waals surface area contributed by atoms with Crippen LogP contribution in [-0.4, -0.2) is 38.8 Å². The second-order valence-electron chi connectivity index (χ2n) is 6.81. The van der Waals surface area contributed by atoms with Crippen molar-refractivity contribution in [1.29, 1.82) is 0 Å². The van der Waals surface area contributed by atoms with Crippen LogP contribution in [0, 0.1) is 5.82 Å². The molecule has 0 bridgehead atoms. The molecule has 2 amide bonds. The number of aromatic nitrogens is 1. The van der Waals surface area contributed by atoms with Gasteiger partial charge in [-0.2, -0.15) is 0 Å². The van der Waals surface area contributed by atoms with E-state index in [9.17, 15) is 14.4 Å². The Bertz CT molecular complexity index is 998. The van der Waals surface area contributed by atoms with Gasteiger partial charge in [0, 0.05) is 35.2 Å². The molecule has 152 valence electrons. The van der Waals surface area contributed by atoms with Gasteiger partial charge in [0.15, 0.2) is 0 Å². The lowest BCUT2D eigenvalue weighted by atomic mass is 9.98. The summed E-state index contributed by atoms with van der Waals surface area (Å²) in [5.74, 6) is -2.89. The average Bonchev–Trinajstić information content (AvgIpc) is 2.93. The molecule has 3 rings (SSSR count). The third-order valence-electron chi connectivity index (χ3n) is 5.03. The molecule has 0 aliphatic carbocycles. The quantitative estimate of drug-likeness (QED) is 0.670. The van der Waals surface area contributed by atoms with Crippen molar-refractivity contribution in [2.75, 3.05) is 0 Å². The molecule has 1 aromatic carbocycles. The van der Waals surface area contributed by atoms with Crippen LogP contribution in [0.3, 0.4) is 0 Å². The van der Waals surface area contributed by atoms with Crippen LogP contribution >= 0.6 is 11.6 Å². The second kappa shape index (κ2) is 8.16. The maximum atomic E-state index is 15.4. The minimum Gasteiger partial charge on any atom is -0.481 e. The molecule has 2 atom stereocenters. The molecule has 0 fully saturated rings. The molecule has 7 nitrogen and oxygen atoms in total. The number of pyridine rings is 1. The standard InChI is InChI=1S/C20H19ClFN3O4/c1-10-17-13(20(29)25(10)15(19(23)28)4-5-16(26)27)3-2-12(18(17)22)14-8-11(9-21)6-7-24-14/h2-3,6-8,10,15H,4-5,9H2,1H3,(H2,23,28)(H,26,27). The van der Waals surface area contributed by atoms with Gasteiger partial charge < -0.3 is 15.7 Å². The lowest BCUT2D eigenvalue weighted by Gasteiger charge is -2.29. The van der Waals surface area contributed by atoms with Gasteiger partial charge in [0.05, 0.1) is 11.7 Å². The van der Waals surface area contributed by atoms with Crippen molar-refractivity contribution in [2.24, 2.45) is 5.73 Å². The zero-order chi connectivity index (χ0) is 21.3. The molecule has 1 aromatic heterocycles. The van der Waals surface area contributed by atoms with Gasteiger partial charge in [-0.05, 0) is 43.2 Å². The van der Waals surface area contributed by atoms with E-state index in [4.69, 9.17) is 22.4 Å². The summed E-state index contributed by atoms with van der Waals surface area (Å²) in [7, 11) is 0. The van der Waals surface area contributed by atoms with Crippen LogP contribution in [0.5, 0.6) is 0 Å². The Balaban J connectivity index is 2.03. The number of benzene rings is 1. The molecule has 0 radical (unpaired) electrons. The number of nitrogens with two attached hydrogens (primary N) is 1. The van der Waals surface area contributed by atoms with Gasteiger partial charge in [-0.1, -0.05) is 0 Å². The Morgan fingerprint density at radius 1 is 1.34 bits per heavy atom. The zero-order valence-corrected chi connectivity index (χ0v) is 16.3. The summed E-state index contributed by atoms with van der Waals surface area (Å²) in [5, 5.41) is 8.91. The van der Waals surface area contributed by atoms with E-state index in [1.54, 1.807) is 19.1 Å². The molecule has 3 N–H and O–H groups in total. The molecule has 1 aliphatic rings. The largest absolute Gasteiger partial charge is 0.481 e. The molecular formula is C20H19ClFN3O4. The van der Waals surface area contributed by atoms with Crippen LogP contribution in [0.25, 0.3) is 11.3 Å². The Labute approximate surface area is 171 Å². The van der Waals surface area contributed by atoms with E-state index in [0.29, 0.717) is 5.69 Å². The third kappa shape index (κ3) is 3.80. The number of hydrogen-bond donors (Lipinski definition) is 2. The van der Waals surface area contributed by atoms with Crippen molar-refractivity contribution >= 4 is 29.4 Å². The van der Waals surface area contributed by atoms with Gasteiger partial charge in [-0.15, -0.1) is 11.6 Å². The predicted molar refractivity (Wildman–Crippen MR) is 104 cm³/mol. The van der Waals surface area contributed by atoms with Crippen molar-refractivity contribution in [1.82, 2.24) is 9.88 Å². The summed E-state index contributed by atoms with van der Waals surface area (Å²) in [6.45, 7) is 1.58. The summed E-state index contributed by atoms with van der Waals surface area (Å²) in [4.78, 5) is 41.0. The Kier molecular flexibility index (Phi) is 5.83. The van der Waals surface area contributed by atoms with Crippen molar-refractivity contribution < 1.29 is 23.9 Å². The summed E-state index contributed by atoms with van der Waals surface area (Å²) < 4.78 is 15.4. The molecule has 9 heteroatoms. The monoisotopic (exact) mass is 419 g/mol. The number of alkyl halides is 1. The Morgan fingerprint density at radius 2 is 2.03 bits per heavy atom. The van der Waals surface area contributed by atoms with Crippen LogP contribution < -0.4 is 5.73 Å². The van der Waals surface area contributed by atoms with Gasteiger partial charge in [-0.25, -0.2) is 4.39 Å². The van der Waals surface area contributed by atoms with Crippen LogP contribution in [0.15, 0.2) is 30.5 Å². The Hall–Kier alpha value is -3.00. The van der Waals surface area contributed by atoms with E-state index in [0.717, 1.165) is 10.5 Å². The first kappa shape index (κ1) is 20.7. The van der Waals surface area contributed by atoms with Crippen molar-refractivity contribution in [3.8, 4) is 11.3 Å². The van der Waals surface area contributed by atoms with Gasteiger partial charge in [0.2, 0.25) is 5.91 Å². The van der Waals surface area contributed by atoms with Crippen molar-refractivity contribution in [3.05, 3.63) is 53.0 Å². The molecule has 0 saturated heterocycles. The number of aliphatic carboxylic acids is 1. The molecule has 2 aromatic rings. The SMILES string of the molecule is CC1c2c(ccc(-c3cc(CCl)ccn3)c2F)C(=O)N1C(CCC(=O)O)C(N)=O. The van der Waals surface area contributed by atoms with Crippen molar-refractivity contribution in [2.45, 2.75) is 37.7 Å². The summed E-state index contributed by atoms with van der Waals surface area (Å²) >= 11 is 5.84. The van der Waals surface area contributed by atoms with E-state index in [1.807, 2.05) is 0 Å². The predicted octanol–water partition coefficient (Wildman–Crippen LogP) is 2.86. The lowest BCUT2D eigenvalue weighted by Crippen LogP contribution is -2.46. The number of carboxylic acids is 1. The topological polar surface area (TPSA) is 114 Å². The molecular weight excluding hydrogens is 401 g/mol. The van der Waals surface area contributed by atoms with Gasteiger partial charge in [-0.3, -0.25) is 19.4 Å². The summed E-state index contributed by atoms with van der Waals surface area (Å²) in [6, 6.07) is 4.38. The fourth-order valence-electron chi connectivity index (χ4n) is 3.63. The number of carbonyl (C=O) groups excluding carboxylic acids is 2. The first-order valence-corrected chi connectivity index (χ1v) is 9.47. The lowest BCUT2D eigenvalue weighted by molar-refractivity contribution is -0.137. The fraction of sp³-hybridized carbons (Fsp3) is 0.300. The summed E-state index contributed by atoms with van der Waals surface area (Å²) in [6.07, 6.45) is 1.03. The normalized spacial score (nSPS) is 16.6. The number of fused-ring (bicyclic) bond motifs is 1. The number of primary amides is 1. The molecule has 29 heavy (non-hydrogen) atoms. The maximum absolute atomic E-state index is 15.4. The third-order valence-corrected chi connectivity index (χ3v) is 5.34. The minimum absolute atomic E-state index is 0.119. The molecule has 1 aliphatic heterocycles. The highest BCUT2D eigenvalue weighted by Gasteiger charge is 2.42. The second-order valence-corrected chi connectivity index (χ2v) is 7.08. The fourth-order valence-corrected chi connectivity index (χ4v) is 3.80. The van der Waals surface area contributed by atoms with E-state index >= 15 is 4.39 Å². The van der Waals surface area contributed by atoms with E-state index in [2.05, 4.69) is 4.98 Å². The van der Waals surface area contributed by atoms with E-state index in [1.165, 1.54) is 18.3 Å². The smallest absolute Gasteiger partial charge is 0.303 e. The first-order chi connectivity index (χ1) is 13.8. The van der Waals surface area contributed by atoms with Gasteiger partial charge in [0.25, 0.3) is 5.91 Å². The molecule has 2 heterocycles. The van der Waals surface area contributed by atoms with Crippen LogP contribution in [0.4, 0.5) is 4.39 Å². The van der Waals surface area contributed by atoms with Crippen LogP contribution in [0.2, 0.25) is 0 Å². The maximum Gasteiger partial charge on any atom is 0.303 e. The highest BCUT2D eigenvalue weighted by Crippen LogP contribution is 2.40. The number of halogens is 2. The highest BCUT2D eigenvalue weighted by atomic mass is 35.5. The number of hydrogen-bond acceptors (Lipinski definition) is 4. The average molecular weight is 420 g/mol. The van der Waals surface area contributed by atoms with Crippen LogP contribution in [-0.2, 0) is 15.5 Å². The summed E-state index contributed by atoms with van der Waals surface area (Å²) in [5.41, 5.74) is 7.01. The number of carboxylic acid groups (broad SMARTS) is 1. The van der Waals surface area contributed by atoms with Crippen molar-refractivity contribution in [3.63, 3.8) is 0 Å². The van der Waals surface area contributed by atoms with E-state index in [-0.39, 0.29) is 35.4 Å². The number of amides is 2. The minimum atomic E-state index is -1.15. The number of rotatable bonds is 7. The molecule has 0 saturated carbocycles. The number of carbonyl (C=O) groups is 3.